The van der Waals surface area contributed by atoms with Gasteiger partial charge in [0.25, 0.3) is 0 Å². The molecule has 0 heterocycles. The van der Waals surface area contributed by atoms with Crippen LogP contribution in [0.3, 0.4) is 0 Å². The molecule has 1 unspecified atom stereocenters. The molecule has 160 valence electrons. The van der Waals surface area contributed by atoms with Gasteiger partial charge in [-0.15, -0.1) is 0 Å². The van der Waals surface area contributed by atoms with Crippen LogP contribution in [0.2, 0.25) is 0 Å². The summed E-state index contributed by atoms with van der Waals surface area (Å²) in [6.45, 7) is 9.86. The van der Waals surface area contributed by atoms with E-state index in [9.17, 15) is 19.2 Å². The lowest BCUT2D eigenvalue weighted by Gasteiger charge is -2.39. The first kappa shape index (κ1) is 23.7. The monoisotopic (exact) mass is 400 g/mol. The number of hydrogen-bond donors (Lipinski definition) is 1. The number of Topliss-reactive ketones (excluding diaryl/α,β-unsaturated/α-hetero) is 1. The van der Waals surface area contributed by atoms with Crippen LogP contribution in [-0.4, -0.2) is 52.8 Å². The number of ether oxygens (including phenoxy) is 3. The highest BCUT2D eigenvalue weighted by molar-refractivity contribution is 6.10. The average Bonchev–Trinajstić information content (AvgIpc) is 2.71. The van der Waals surface area contributed by atoms with Gasteiger partial charge in [-0.1, -0.05) is 6.42 Å². The van der Waals surface area contributed by atoms with E-state index in [-0.39, 0.29) is 12.8 Å². The molecule has 9 heteroatoms. The van der Waals surface area contributed by atoms with Crippen molar-refractivity contribution in [2.75, 3.05) is 7.11 Å². The van der Waals surface area contributed by atoms with Gasteiger partial charge >= 0.3 is 18.2 Å². The maximum Gasteiger partial charge on any atom is 0.430 e. The molecule has 0 aliphatic heterocycles. The second-order valence-corrected chi connectivity index (χ2v) is 8.77. The lowest BCUT2D eigenvalue weighted by atomic mass is 9.88. The van der Waals surface area contributed by atoms with Gasteiger partial charge < -0.3 is 14.2 Å². The fraction of sp³-hybridized carbons (Fsp3) is 0.789. The maximum absolute atomic E-state index is 13.0. The number of hydrazine groups is 1. The van der Waals surface area contributed by atoms with E-state index in [1.807, 2.05) is 0 Å². The SMILES string of the molecule is COC(=O)C1(N(NC(=O)OC(C)(C)C)C(=O)OC(C)(C)C)CCCCCC1=O. The van der Waals surface area contributed by atoms with Gasteiger partial charge in [0.1, 0.15) is 11.2 Å². The van der Waals surface area contributed by atoms with Crippen LogP contribution in [0.4, 0.5) is 9.59 Å². The van der Waals surface area contributed by atoms with Crippen LogP contribution >= 0.6 is 0 Å². The molecular weight excluding hydrogens is 368 g/mol. The minimum atomic E-state index is -2.01. The van der Waals surface area contributed by atoms with Crippen molar-refractivity contribution in [3.8, 4) is 0 Å². The number of nitrogens with one attached hydrogen (secondary N) is 1. The van der Waals surface area contributed by atoms with Gasteiger partial charge in [0.05, 0.1) is 7.11 Å². The van der Waals surface area contributed by atoms with E-state index < -0.39 is 40.7 Å². The Morgan fingerprint density at radius 3 is 2.04 bits per heavy atom. The highest BCUT2D eigenvalue weighted by atomic mass is 16.6. The fourth-order valence-corrected chi connectivity index (χ4v) is 2.90. The van der Waals surface area contributed by atoms with Crippen molar-refractivity contribution in [3.05, 3.63) is 0 Å². The minimum absolute atomic E-state index is 0.00749. The van der Waals surface area contributed by atoms with Gasteiger partial charge in [-0.25, -0.2) is 19.8 Å². The molecule has 28 heavy (non-hydrogen) atoms. The number of rotatable bonds is 2. The van der Waals surface area contributed by atoms with Gasteiger partial charge in [0.2, 0.25) is 5.54 Å². The van der Waals surface area contributed by atoms with Gasteiger partial charge in [-0.2, -0.15) is 5.01 Å². The molecule has 0 aromatic carbocycles. The summed E-state index contributed by atoms with van der Waals surface area (Å²) < 4.78 is 15.4. The third kappa shape index (κ3) is 6.10. The summed E-state index contributed by atoms with van der Waals surface area (Å²) in [5, 5.41) is 0.645. The molecule has 1 aliphatic carbocycles. The van der Waals surface area contributed by atoms with E-state index in [4.69, 9.17) is 14.2 Å². The predicted molar refractivity (Wildman–Crippen MR) is 100 cm³/mol. The van der Waals surface area contributed by atoms with Crippen molar-refractivity contribution < 1.29 is 33.4 Å². The van der Waals surface area contributed by atoms with Crippen molar-refractivity contribution in [2.45, 2.75) is 90.4 Å². The summed E-state index contributed by atoms with van der Waals surface area (Å²) in [5.74, 6) is -1.44. The molecule has 1 fully saturated rings. The molecule has 0 bridgehead atoms. The first-order chi connectivity index (χ1) is 12.7. The van der Waals surface area contributed by atoms with Gasteiger partial charge in [0, 0.05) is 6.42 Å². The average molecular weight is 400 g/mol. The maximum atomic E-state index is 13.0. The van der Waals surface area contributed by atoms with E-state index in [1.54, 1.807) is 41.5 Å². The number of ketones is 1. The van der Waals surface area contributed by atoms with Crippen molar-refractivity contribution in [2.24, 2.45) is 0 Å². The highest BCUT2D eigenvalue weighted by Crippen LogP contribution is 2.32. The van der Waals surface area contributed by atoms with Crippen LogP contribution < -0.4 is 5.43 Å². The van der Waals surface area contributed by atoms with Crippen LogP contribution in [0.5, 0.6) is 0 Å². The van der Waals surface area contributed by atoms with Gasteiger partial charge in [-0.3, -0.25) is 4.79 Å². The third-order valence-corrected chi connectivity index (χ3v) is 3.99. The zero-order chi connectivity index (χ0) is 21.8. The predicted octanol–water partition coefficient (Wildman–Crippen LogP) is 3.11. The molecule has 1 rings (SSSR count). The Hall–Kier alpha value is -2.32. The number of hydrogen-bond acceptors (Lipinski definition) is 7. The molecule has 0 aromatic heterocycles. The van der Waals surface area contributed by atoms with E-state index in [0.717, 1.165) is 7.11 Å². The van der Waals surface area contributed by atoms with Crippen molar-refractivity contribution in [1.29, 1.82) is 0 Å². The molecule has 1 aliphatic rings. The molecule has 9 nitrogen and oxygen atoms in total. The van der Waals surface area contributed by atoms with E-state index in [0.29, 0.717) is 24.3 Å². The lowest BCUT2D eigenvalue weighted by molar-refractivity contribution is -0.163. The fourth-order valence-electron chi connectivity index (χ4n) is 2.90. The summed E-state index contributed by atoms with van der Waals surface area (Å²) >= 11 is 0. The molecule has 1 N–H and O–H groups in total. The van der Waals surface area contributed by atoms with Crippen LogP contribution in [0.15, 0.2) is 0 Å². The molecule has 0 radical (unpaired) electrons. The second-order valence-electron chi connectivity index (χ2n) is 8.77. The zero-order valence-electron chi connectivity index (χ0n) is 17.8. The normalized spacial score (nSPS) is 20.6. The summed E-state index contributed by atoms with van der Waals surface area (Å²) in [5.41, 5.74) is -1.53. The Balaban J connectivity index is 3.41. The Morgan fingerprint density at radius 1 is 0.964 bits per heavy atom. The smallest absolute Gasteiger partial charge is 0.430 e. The van der Waals surface area contributed by atoms with E-state index in [2.05, 4.69) is 5.43 Å². The van der Waals surface area contributed by atoms with Gasteiger partial charge in [-0.05, 0) is 60.8 Å². The molecule has 0 spiro atoms. The first-order valence-electron chi connectivity index (χ1n) is 9.37. The largest absolute Gasteiger partial charge is 0.467 e. The minimum Gasteiger partial charge on any atom is -0.467 e. The topological polar surface area (TPSA) is 111 Å². The summed E-state index contributed by atoms with van der Waals surface area (Å²) in [6, 6.07) is 0. The molecule has 2 amide bonds. The number of methoxy groups -OCH3 is 1. The van der Waals surface area contributed by atoms with E-state index >= 15 is 0 Å². The van der Waals surface area contributed by atoms with Crippen LogP contribution in [0.25, 0.3) is 0 Å². The third-order valence-electron chi connectivity index (χ3n) is 3.99. The number of nitrogens with zero attached hydrogens (tertiary/aromatic N) is 1. The summed E-state index contributed by atoms with van der Waals surface area (Å²) in [7, 11) is 1.13. The summed E-state index contributed by atoms with van der Waals surface area (Å²) in [6.07, 6.45) is -0.169. The van der Waals surface area contributed by atoms with E-state index in [1.165, 1.54) is 0 Å². The lowest BCUT2D eigenvalue weighted by Crippen LogP contribution is -2.68. The first-order valence-corrected chi connectivity index (χ1v) is 9.37. The molecule has 0 aromatic rings. The summed E-state index contributed by atoms with van der Waals surface area (Å²) in [4.78, 5) is 51.0. The van der Waals surface area contributed by atoms with Crippen molar-refractivity contribution >= 4 is 23.9 Å². The Kier molecular flexibility index (Phi) is 7.45. The number of esters is 1. The second kappa shape index (κ2) is 8.79. The highest BCUT2D eigenvalue weighted by Gasteiger charge is 2.56. The molecule has 0 saturated heterocycles. The zero-order valence-corrected chi connectivity index (χ0v) is 17.8. The van der Waals surface area contributed by atoms with Crippen LogP contribution in [-0.2, 0) is 23.8 Å². The van der Waals surface area contributed by atoms with Crippen molar-refractivity contribution in [3.63, 3.8) is 0 Å². The van der Waals surface area contributed by atoms with Crippen LogP contribution in [0, 0.1) is 0 Å². The standard InChI is InChI=1S/C19H32N2O7/c1-17(2,3)27-15(24)20-21(16(25)28-18(4,5)6)19(14(23)26-7)12-10-8-9-11-13(19)22/h8-12H2,1-7H3,(H,20,24). The molecule has 1 saturated carbocycles. The Morgan fingerprint density at radius 2 is 1.54 bits per heavy atom. The number of carbonyl (C=O) groups excluding carboxylic acids is 4. The van der Waals surface area contributed by atoms with Crippen molar-refractivity contribution in [1.82, 2.24) is 10.4 Å². The number of amides is 2. The quantitative estimate of drug-likeness (QED) is 0.249. The Labute approximate surface area is 166 Å². The molecule has 1 atom stereocenters. The van der Waals surface area contributed by atoms with Crippen LogP contribution in [0.1, 0.15) is 73.6 Å². The van der Waals surface area contributed by atoms with Gasteiger partial charge in [0.15, 0.2) is 5.78 Å². The molecular formula is C19H32N2O7. The number of carbonyl (C=O) groups is 4. The Bertz CT molecular complexity index is 619.